The lowest BCUT2D eigenvalue weighted by molar-refractivity contribution is -0.655. The van der Waals surface area contributed by atoms with Crippen molar-refractivity contribution in [1.29, 1.82) is 10.5 Å². The van der Waals surface area contributed by atoms with Gasteiger partial charge in [-0.1, -0.05) is 0 Å². The predicted molar refractivity (Wildman–Crippen MR) is 39.0 cm³/mol. The molecule has 0 bridgehead atoms. The molecule has 0 spiro atoms. The van der Waals surface area contributed by atoms with Crippen LogP contribution in [-0.4, -0.2) is 23.1 Å². The summed E-state index contributed by atoms with van der Waals surface area (Å²) in [7, 11) is 0. The van der Waals surface area contributed by atoms with Gasteiger partial charge in [-0.25, -0.2) is 10.1 Å². The van der Waals surface area contributed by atoms with E-state index in [0.29, 0.717) is 0 Å². The monoisotopic (exact) mass is 168 g/mol. The molecule has 0 aliphatic rings. The molecule has 12 heavy (non-hydrogen) atoms. The number of hydrogen-bond acceptors (Lipinski definition) is 4. The fourth-order valence-corrected chi connectivity index (χ4v) is 0.633. The summed E-state index contributed by atoms with van der Waals surface area (Å²) in [4.78, 5) is 10.2. The Bertz CT molecular complexity index is 209. The van der Waals surface area contributed by atoms with Crippen LogP contribution in [0, 0.1) is 32.8 Å². The number of nitrogens with zero attached hydrogens (tertiary/aromatic N) is 4. The van der Waals surface area contributed by atoms with Crippen molar-refractivity contribution in [3.8, 4) is 12.1 Å². The number of rotatable bonds is 5. The summed E-state index contributed by atoms with van der Waals surface area (Å²) in [6.07, 6.45) is 0.207. The molecule has 0 saturated heterocycles. The third-order valence-electron chi connectivity index (χ3n) is 1.19. The van der Waals surface area contributed by atoms with Gasteiger partial charge in [0.2, 0.25) is 0 Å². The van der Waals surface area contributed by atoms with E-state index in [1.807, 2.05) is 0 Å². The van der Waals surface area contributed by atoms with Gasteiger partial charge in [-0.2, -0.15) is 10.5 Å². The van der Waals surface area contributed by atoms with Gasteiger partial charge in [0.25, 0.3) is 0 Å². The van der Waals surface area contributed by atoms with Crippen molar-refractivity contribution < 1.29 is 5.03 Å². The summed E-state index contributed by atoms with van der Waals surface area (Å²) in [6.45, 7) is 0.149. The molecule has 0 N–H and O–H groups in total. The molecule has 0 radical (unpaired) electrons. The largest absolute Gasteiger partial charge is 0.235 e. The maximum atomic E-state index is 10.2. The maximum Gasteiger partial charge on any atom is 0.160 e. The molecule has 0 saturated carbocycles. The van der Waals surface area contributed by atoms with Crippen molar-refractivity contribution in [2.24, 2.45) is 0 Å². The van der Waals surface area contributed by atoms with E-state index in [1.165, 1.54) is 0 Å². The summed E-state index contributed by atoms with van der Waals surface area (Å²) < 4.78 is 0. The first-order valence-corrected chi connectivity index (χ1v) is 3.35. The minimum absolute atomic E-state index is 0.0746. The quantitative estimate of drug-likeness (QED) is 0.434. The molecule has 0 fully saturated rings. The van der Waals surface area contributed by atoms with Crippen molar-refractivity contribution in [3.05, 3.63) is 10.1 Å². The highest BCUT2D eigenvalue weighted by Crippen LogP contribution is 1.92. The lowest BCUT2D eigenvalue weighted by Gasteiger charge is -2.09. The van der Waals surface area contributed by atoms with Crippen LogP contribution in [0.5, 0.6) is 0 Å². The van der Waals surface area contributed by atoms with Gasteiger partial charge in [-0.05, 0) is 0 Å². The third-order valence-corrected chi connectivity index (χ3v) is 1.19. The van der Waals surface area contributed by atoms with E-state index in [0.717, 1.165) is 5.01 Å². The molecule has 0 rings (SSSR count). The minimum atomic E-state index is -0.589. The zero-order valence-electron chi connectivity index (χ0n) is 6.43. The van der Waals surface area contributed by atoms with Gasteiger partial charge in [-0.15, -0.1) is 5.01 Å². The van der Waals surface area contributed by atoms with Crippen molar-refractivity contribution in [2.75, 3.05) is 13.1 Å². The first-order valence-electron chi connectivity index (χ1n) is 3.35. The normalized spacial score (nSPS) is 8.17. The van der Waals surface area contributed by atoms with Gasteiger partial charge in [0.1, 0.15) is 0 Å². The summed E-state index contributed by atoms with van der Waals surface area (Å²) in [5.41, 5.74) is 0. The summed E-state index contributed by atoms with van der Waals surface area (Å²) in [5.74, 6) is 0. The summed E-state index contributed by atoms with van der Waals surface area (Å²) in [5, 5.41) is 26.8. The molecule has 0 aromatic heterocycles. The fourth-order valence-electron chi connectivity index (χ4n) is 0.633. The summed E-state index contributed by atoms with van der Waals surface area (Å²) in [6, 6.07) is 3.60. The van der Waals surface area contributed by atoms with E-state index < -0.39 is 5.03 Å². The van der Waals surface area contributed by atoms with E-state index in [9.17, 15) is 10.1 Å². The molecule has 64 valence electrons. The highest BCUT2D eigenvalue weighted by Gasteiger charge is 2.11. The Morgan fingerprint density at radius 3 is 1.92 bits per heavy atom. The Hall–Kier alpha value is -1.82. The van der Waals surface area contributed by atoms with Crippen LogP contribution in [0.1, 0.15) is 12.8 Å². The Kier molecular flexibility index (Phi) is 5.03. The van der Waals surface area contributed by atoms with Crippen molar-refractivity contribution >= 4 is 0 Å². The molecule has 0 aliphatic heterocycles. The van der Waals surface area contributed by atoms with E-state index in [2.05, 4.69) is 0 Å². The number of hydrazine groups is 1. The lowest BCUT2D eigenvalue weighted by atomic mass is 10.4. The average Bonchev–Trinajstić information content (AvgIpc) is 2.04. The average molecular weight is 168 g/mol. The van der Waals surface area contributed by atoms with Gasteiger partial charge in [-0.3, -0.25) is 0 Å². The zero-order chi connectivity index (χ0) is 9.40. The smallest absolute Gasteiger partial charge is 0.160 e. The van der Waals surface area contributed by atoms with Gasteiger partial charge in [0.05, 0.1) is 38.1 Å². The maximum absolute atomic E-state index is 10.2. The predicted octanol–water partition coefficient (Wildman–Crippen LogP) is 0.307. The summed E-state index contributed by atoms with van der Waals surface area (Å²) >= 11 is 0. The molecule has 0 aromatic rings. The highest BCUT2D eigenvalue weighted by molar-refractivity contribution is 4.73. The molecule has 6 nitrogen and oxygen atoms in total. The third kappa shape index (κ3) is 4.07. The number of hydrogen-bond donors (Lipinski definition) is 0. The van der Waals surface area contributed by atoms with Crippen LogP contribution in [0.3, 0.4) is 0 Å². The van der Waals surface area contributed by atoms with Crippen LogP contribution in [0.2, 0.25) is 0 Å². The Balaban J connectivity index is 3.82. The second-order valence-corrected chi connectivity index (χ2v) is 2.01. The molecule has 0 aliphatic carbocycles. The standard InChI is InChI=1S/C6H8N4O2/c7-3-1-5-9(10(11)12)6-2-4-8/h1-2,5-6H2. The molecule has 0 aromatic carbocycles. The van der Waals surface area contributed by atoms with Gasteiger partial charge < -0.3 is 0 Å². The number of nitriles is 2. The van der Waals surface area contributed by atoms with E-state index >= 15 is 0 Å². The van der Waals surface area contributed by atoms with E-state index in [-0.39, 0.29) is 25.9 Å². The van der Waals surface area contributed by atoms with E-state index in [4.69, 9.17) is 10.5 Å². The van der Waals surface area contributed by atoms with Gasteiger partial charge in [0, 0.05) is 0 Å². The van der Waals surface area contributed by atoms with Crippen LogP contribution in [0.15, 0.2) is 0 Å². The molecule has 0 heterocycles. The molecule has 6 heteroatoms. The van der Waals surface area contributed by atoms with Crippen molar-refractivity contribution in [1.82, 2.24) is 5.01 Å². The molecule has 0 amide bonds. The Morgan fingerprint density at radius 1 is 1.25 bits per heavy atom. The van der Waals surface area contributed by atoms with Gasteiger partial charge in [0.15, 0.2) is 5.03 Å². The Labute approximate surface area is 69.7 Å². The molecule has 0 atom stereocenters. The highest BCUT2D eigenvalue weighted by atomic mass is 16.7. The first kappa shape index (κ1) is 10.2. The second-order valence-electron chi connectivity index (χ2n) is 2.01. The second kappa shape index (κ2) is 5.93. The Morgan fingerprint density at radius 2 is 1.67 bits per heavy atom. The number of nitro groups is 1. The van der Waals surface area contributed by atoms with Crippen LogP contribution in [0.4, 0.5) is 0 Å². The van der Waals surface area contributed by atoms with Crippen LogP contribution in [0.25, 0.3) is 0 Å². The van der Waals surface area contributed by atoms with Crippen molar-refractivity contribution in [2.45, 2.75) is 12.8 Å². The molecule has 0 unspecified atom stereocenters. The van der Waals surface area contributed by atoms with E-state index in [1.54, 1.807) is 12.1 Å². The molecular weight excluding hydrogens is 160 g/mol. The van der Waals surface area contributed by atoms with Crippen LogP contribution >= 0.6 is 0 Å². The van der Waals surface area contributed by atoms with Gasteiger partial charge >= 0.3 is 0 Å². The van der Waals surface area contributed by atoms with Crippen molar-refractivity contribution in [3.63, 3.8) is 0 Å². The zero-order valence-corrected chi connectivity index (χ0v) is 6.43. The minimum Gasteiger partial charge on any atom is -0.235 e. The SMILES string of the molecule is N#CCCN(CCC#N)[N+](=O)[O-]. The topological polar surface area (TPSA) is 94.0 Å². The fraction of sp³-hybridized carbons (Fsp3) is 0.667. The lowest BCUT2D eigenvalue weighted by Crippen LogP contribution is -2.31. The first-order chi connectivity index (χ1) is 5.72. The van der Waals surface area contributed by atoms with Crippen LogP contribution < -0.4 is 0 Å². The van der Waals surface area contributed by atoms with Crippen LogP contribution in [-0.2, 0) is 0 Å². The molecular formula is C6H8N4O2.